The molecule has 0 aliphatic carbocycles. The zero-order valence-electron chi connectivity index (χ0n) is 10.4. The van der Waals surface area contributed by atoms with E-state index in [0.29, 0.717) is 27.3 Å². The van der Waals surface area contributed by atoms with E-state index in [1.54, 1.807) is 13.1 Å². The van der Waals surface area contributed by atoms with Crippen LogP contribution in [0.15, 0.2) is 32.4 Å². The van der Waals surface area contributed by atoms with Crippen LogP contribution in [0.2, 0.25) is 0 Å². The summed E-state index contributed by atoms with van der Waals surface area (Å²) < 4.78 is 1.49. The lowest BCUT2D eigenvalue weighted by atomic mass is 10.4. The number of hydrogen-bond donors (Lipinski definition) is 1. The van der Waals surface area contributed by atoms with Crippen LogP contribution in [-0.4, -0.2) is 24.6 Å². The minimum absolute atomic E-state index is 0.115. The van der Waals surface area contributed by atoms with Gasteiger partial charge in [-0.1, -0.05) is 11.8 Å². The summed E-state index contributed by atoms with van der Waals surface area (Å²) in [6, 6.07) is 1.48. The Labute approximate surface area is 120 Å². The fraction of sp³-hybridized carbons (Fsp3) is 0.182. The van der Waals surface area contributed by atoms with Crippen LogP contribution in [0.3, 0.4) is 0 Å². The number of aromatic nitrogens is 5. The zero-order valence-corrected chi connectivity index (χ0v) is 12.0. The Balaban J connectivity index is 1.84. The second-order valence-corrected chi connectivity index (χ2v) is 5.81. The summed E-state index contributed by atoms with van der Waals surface area (Å²) >= 11 is 2.68. The largest absolute Gasteiger partial charge is 0.298 e. The van der Waals surface area contributed by atoms with Gasteiger partial charge >= 0.3 is 0 Å². The quantitative estimate of drug-likeness (QED) is 0.721. The number of thioether (sulfide) groups is 1. The molecule has 3 aromatic heterocycles. The average Bonchev–Trinajstić information content (AvgIpc) is 2.89. The highest BCUT2D eigenvalue weighted by Gasteiger charge is 2.06. The molecule has 9 heteroatoms. The Hall–Kier alpha value is -2.00. The molecule has 0 aliphatic heterocycles. The van der Waals surface area contributed by atoms with Gasteiger partial charge in [0.1, 0.15) is 5.69 Å². The maximum atomic E-state index is 11.8. The van der Waals surface area contributed by atoms with Gasteiger partial charge in [0.2, 0.25) is 0 Å². The summed E-state index contributed by atoms with van der Waals surface area (Å²) in [5.74, 6) is 0.442. The first-order chi connectivity index (χ1) is 9.63. The smallest absolute Gasteiger partial charge is 0.273 e. The normalized spacial score (nSPS) is 11.1. The zero-order chi connectivity index (χ0) is 14.1. The van der Waals surface area contributed by atoms with Crippen molar-refractivity contribution < 1.29 is 0 Å². The number of rotatable bonds is 3. The van der Waals surface area contributed by atoms with E-state index in [0.717, 1.165) is 0 Å². The monoisotopic (exact) mass is 307 g/mol. The Morgan fingerprint density at radius 3 is 3.05 bits per heavy atom. The van der Waals surface area contributed by atoms with Crippen molar-refractivity contribution in [1.29, 1.82) is 0 Å². The summed E-state index contributed by atoms with van der Waals surface area (Å²) in [5, 5.41) is 9.85. The summed E-state index contributed by atoms with van der Waals surface area (Å²) in [4.78, 5) is 30.9. The number of aryl methyl sites for hydroxylation is 1. The first-order valence-corrected chi connectivity index (χ1v) is 7.52. The highest BCUT2D eigenvalue weighted by Crippen LogP contribution is 2.16. The van der Waals surface area contributed by atoms with Crippen molar-refractivity contribution in [2.75, 3.05) is 0 Å². The van der Waals surface area contributed by atoms with Crippen LogP contribution in [0.1, 0.15) is 11.4 Å². The van der Waals surface area contributed by atoms with Crippen molar-refractivity contribution in [3.8, 4) is 0 Å². The molecule has 0 aliphatic rings. The summed E-state index contributed by atoms with van der Waals surface area (Å²) in [6.07, 6.45) is 1.69. The Morgan fingerprint density at radius 1 is 1.40 bits per heavy atom. The molecule has 20 heavy (non-hydrogen) atoms. The van der Waals surface area contributed by atoms with Crippen LogP contribution in [0, 0.1) is 6.92 Å². The lowest BCUT2D eigenvalue weighted by molar-refractivity contribution is 0.789. The van der Waals surface area contributed by atoms with Gasteiger partial charge in [0.25, 0.3) is 11.1 Å². The highest BCUT2D eigenvalue weighted by molar-refractivity contribution is 7.98. The molecule has 0 amide bonds. The Morgan fingerprint density at radius 2 is 2.25 bits per heavy atom. The first-order valence-electron chi connectivity index (χ1n) is 5.65. The van der Waals surface area contributed by atoms with Gasteiger partial charge in [0.05, 0.1) is 5.69 Å². The molecule has 7 nitrogen and oxygen atoms in total. The second-order valence-electron chi connectivity index (χ2n) is 3.97. The maximum absolute atomic E-state index is 11.8. The molecule has 0 radical (unpaired) electrons. The van der Waals surface area contributed by atoms with Gasteiger partial charge in [0.15, 0.2) is 10.1 Å². The molecule has 1 N–H and O–H groups in total. The van der Waals surface area contributed by atoms with E-state index in [9.17, 15) is 9.59 Å². The van der Waals surface area contributed by atoms with E-state index >= 15 is 0 Å². The first kappa shape index (κ1) is 13.0. The Bertz CT molecular complexity index is 882. The van der Waals surface area contributed by atoms with Crippen LogP contribution >= 0.6 is 23.1 Å². The molecule has 0 saturated heterocycles. The molecule has 0 saturated carbocycles. The van der Waals surface area contributed by atoms with Crippen LogP contribution in [0.4, 0.5) is 0 Å². The fourth-order valence-corrected chi connectivity index (χ4v) is 2.98. The van der Waals surface area contributed by atoms with Crippen molar-refractivity contribution in [3.05, 3.63) is 49.7 Å². The molecule has 3 heterocycles. The van der Waals surface area contributed by atoms with Crippen LogP contribution < -0.4 is 11.1 Å². The number of thiazole rings is 1. The van der Waals surface area contributed by atoms with Gasteiger partial charge in [-0.3, -0.25) is 19.0 Å². The van der Waals surface area contributed by atoms with E-state index in [1.807, 2.05) is 5.38 Å². The van der Waals surface area contributed by atoms with Gasteiger partial charge in [-0.05, 0) is 6.92 Å². The van der Waals surface area contributed by atoms with Gasteiger partial charge in [0, 0.05) is 23.4 Å². The molecule has 0 spiro atoms. The average molecular weight is 307 g/mol. The van der Waals surface area contributed by atoms with Gasteiger partial charge in [-0.25, -0.2) is 4.98 Å². The summed E-state index contributed by atoms with van der Waals surface area (Å²) in [5.41, 5.74) is 0.593. The minimum atomic E-state index is -0.260. The van der Waals surface area contributed by atoms with E-state index < -0.39 is 0 Å². The number of hydrogen-bond acceptors (Lipinski definition) is 7. The molecule has 0 aromatic carbocycles. The van der Waals surface area contributed by atoms with Crippen molar-refractivity contribution in [2.24, 2.45) is 0 Å². The third kappa shape index (κ3) is 2.49. The van der Waals surface area contributed by atoms with Gasteiger partial charge in [-0.15, -0.1) is 21.5 Å². The minimum Gasteiger partial charge on any atom is -0.298 e. The number of fused-ring (bicyclic) bond motifs is 1. The maximum Gasteiger partial charge on any atom is 0.273 e. The van der Waals surface area contributed by atoms with Gasteiger partial charge < -0.3 is 0 Å². The standard InChI is InChI=1S/C11H9N5O2S2/c1-6-9(18)13-10(15-14-6)20-5-7-4-8(17)16-2-3-19-11(16)12-7/h2-4H,5H2,1H3,(H,13,15,18). The molecule has 0 bridgehead atoms. The predicted molar refractivity (Wildman–Crippen MR) is 76.3 cm³/mol. The Kier molecular flexibility index (Phi) is 3.36. The highest BCUT2D eigenvalue weighted by atomic mass is 32.2. The van der Waals surface area contributed by atoms with E-state index in [-0.39, 0.29) is 11.1 Å². The van der Waals surface area contributed by atoms with Crippen molar-refractivity contribution in [1.82, 2.24) is 24.6 Å². The summed E-state index contributed by atoms with van der Waals surface area (Å²) in [7, 11) is 0. The number of aromatic amines is 1. The topological polar surface area (TPSA) is 93.0 Å². The second kappa shape index (κ2) is 5.17. The lowest BCUT2D eigenvalue weighted by Crippen LogP contribution is -2.14. The molecule has 0 fully saturated rings. The fourth-order valence-electron chi connectivity index (χ4n) is 1.55. The molecular formula is C11H9N5O2S2. The lowest BCUT2D eigenvalue weighted by Gasteiger charge is -2.00. The number of H-pyrrole nitrogens is 1. The third-order valence-electron chi connectivity index (χ3n) is 2.55. The molecule has 0 unspecified atom stereocenters. The van der Waals surface area contributed by atoms with Crippen LogP contribution in [0.5, 0.6) is 0 Å². The van der Waals surface area contributed by atoms with Crippen molar-refractivity contribution >= 4 is 28.1 Å². The molecule has 3 aromatic rings. The molecule has 102 valence electrons. The number of nitrogens with one attached hydrogen (secondary N) is 1. The van der Waals surface area contributed by atoms with Crippen molar-refractivity contribution in [2.45, 2.75) is 17.8 Å². The van der Waals surface area contributed by atoms with Crippen LogP contribution in [-0.2, 0) is 5.75 Å². The predicted octanol–water partition coefficient (Wildman–Crippen LogP) is 0.835. The van der Waals surface area contributed by atoms with Gasteiger partial charge in [-0.2, -0.15) is 0 Å². The van der Waals surface area contributed by atoms with Crippen LogP contribution in [0.25, 0.3) is 4.96 Å². The molecule has 0 atom stereocenters. The SMILES string of the molecule is Cc1nnc(SCc2cc(=O)n3ccsc3n2)[nH]c1=O. The van der Waals surface area contributed by atoms with E-state index in [1.165, 1.54) is 33.6 Å². The number of nitrogens with zero attached hydrogens (tertiary/aromatic N) is 4. The molecular weight excluding hydrogens is 298 g/mol. The van der Waals surface area contributed by atoms with Crippen molar-refractivity contribution in [3.63, 3.8) is 0 Å². The van der Waals surface area contributed by atoms with E-state index in [2.05, 4.69) is 20.2 Å². The molecule has 3 rings (SSSR count). The van der Waals surface area contributed by atoms with E-state index in [4.69, 9.17) is 0 Å². The summed E-state index contributed by atoms with van der Waals surface area (Å²) in [6.45, 7) is 1.59. The third-order valence-corrected chi connectivity index (χ3v) is 4.21.